The number of halogens is 1. The molecule has 2 aromatic carbocycles. The van der Waals surface area contributed by atoms with Gasteiger partial charge in [-0.1, -0.05) is 29.8 Å². The second kappa shape index (κ2) is 8.05. The maximum Gasteiger partial charge on any atom is 0.298 e. The molecular weight excluding hydrogens is 420 g/mol. The van der Waals surface area contributed by atoms with Gasteiger partial charge in [0, 0.05) is 16.4 Å². The van der Waals surface area contributed by atoms with E-state index in [1.54, 1.807) is 43.5 Å². The molecule has 5 nitrogen and oxygen atoms in total. The average Bonchev–Trinajstić information content (AvgIpc) is 3.17. The van der Waals surface area contributed by atoms with Crippen molar-refractivity contribution in [2.45, 2.75) is 13.8 Å². The van der Waals surface area contributed by atoms with Crippen LogP contribution < -0.4 is 9.64 Å². The van der Waals surface area contributed by atoms with Crippen LogP contribution in [0, 0.1) is 13.8 Å². The Morgan fingerprint density at radius 3 is 2.47 bits per heavy atom. The molecule has 1 saturated heterocycles. The van der Waals surface area contributed by atoms with Gasteiger partial charge in [0.05, 0.1) is 23.4 Å². The van der Waals surface area contributed by atoms with Gasteiger partial charge >= 0.3 is 0 Å². The van der Waals surface area contributed by atoms with Crippen molar-refractivity contribution in [1.29, 1.82) is 0 Å². The Kier molecular flexibility index (Phi) is 5.45. The van der Waals surface area contributed by atoms with E-state index in [4.69, 9.17) is 16.3 Å². The van der Waals surface area contributed by atoms with Gasteiger partial charge in [-0.05, 0) is 73.6 Å². The Morgan fingerprint density at radius 1 is 1.03 bits per heavy atom. The van der Waals surface area contributed by atoms with Gasteiger partial charge in [0.1, 0.15) is 5.75 Å². The fraction of sp³-hybridized carbons (Fsp3) is 0.130. The van der Waals surface area contributed by atoms with Crippen molar-refractivity contribution < 1.29 is 14.3 Å². The molecular formula is C23H19ClN2O3S. The first-order valence-corrected chi connectivity index (χ1v) is 10.5. The zero-order valence-corrected chi connectivity index (χ0v) is 18.3. The molecule has 0 radical (unpaired) electrons. The minimum absolute atomic E-state index is 0.303. The van der Waals surface area contributed by atoms with Crippen LogP contribution in [0.15, 0.2) is 59.5 Å². The van der Waals surface area contributed by atoms with Crippen molar-refractivity contribution in [3.05, 3.63) is 81.5 Å². The molecule has 1 aliphatic heterocycles. The molecule has 152 valence electrons. The number of anilines is 1. The second-order valence-corrected chi connectivity index (χ2v) is 8.26. The van der Waals surface area contributed by atoms with Crippen LogP contribution in [0.2, 0.25) is 5.02 Å². The summed E-state index contributed by atoms with van der Waals surface area (Å²) in [6.45, 7) is 3.93. The molecule has 1 aliphatic rings. The summed E-state index contributed by atoms with van der Waals surface area (Å²) in [7, 11) is 1.61. The number of thioether (sulfide) groups is 1. The quantitative estimate of drug-likeness (QED) is 0.469. The molecule has 3 aromatic rings. The van der Waals surface area contributed by atoms with Crippen LogP contribution in [-0.2, 0) is 4.79 Å². The third-order valence-electron chi connectivity index (χ3n) is 4.95. The van der Waals surface area contributed by atoms with Gasteiger partial charge < -0.3 is 9.30 Å². The predicted octanol–water partition coefficient (Wildman–Crippen LogP) is 6.00. The summed E-state index contributed by atoms with van der Waals surface area (Å²) in [6, 6.07) is 16.4. The zero-order chi connectivity index (χ0) is 21.4. The number of hydrogen-bond donors (Lipinski definition) is 0. The Morgan fingerprint density at radius 2 is 1.77 bits per heavy atom. The number of aromatic nitrogens is 1. The van der Waals surface area contributed by atoms with Gasteiger partial charge in [0.2, 0.25) is 0 Å². The first-order chi connectivity index (χ1) is 14.4. The number of amides is 2. The van der Waals surface area contributed by atoms with Crippen molar-refractivity contribution in [3.8, 4) is 11.4 Å². The number of nitrogens with zero attached hydrogens (tertiary/aromatic N) is 2. The van der Waals surface area contributed by atoms with Gasteiger partial charge in [-0.3, -0.25) is 9.59 Å². The molecule has 0 bridgehead atoms. The highest BCUT2D eigenvalue weighted by Gasteiger charge is 2.36. The minimum Gasteiger partial charge on any atom is -0.495 e. The molecule has 7 heteroatoms. The summed E-state index contributed by atoms with van der Waals surface area (Å²) in [6.07, 6.45) is 1.77. The van der Waals surface area contributed by atoms with Crippen LogP contribution >= 0.6 is 23.4 Å². The molecule has 4 rings (SSSR count). The number of ether oxygens (including phenoxy) is 1. The van der Waals surface area contributed by atoms with Crippen LogP contribution in [-0.4, -0.2) is 22.8 Å². The van der Waals surface area contributed by atoms with E-state index in [0.29, 0.717) is 21.4 Å². The molecule has 0 atom stereocenters. The maximum atomic E-state index is 12.9. The molecule has 30 heavy (non-hydrogen) atoms. The van der Waals surface area contributed by atoms with E-state index in [2.05, 4.69) is 0 Å². The van der Waals surface area contributed by atoms with Crippen LogP contribution in [0.4, 0.5) is 10.5 Å². The Bertz CT molecular complexity index is 1180. The average molecular weight is 439 g/mol. The van der Waals surface area contributed by atoms with Crippen LogP contribution in [0.1, 0.15) is 17.0 Å². The van der Waals surface area contributed by atoms with E-state index < -0.39 is 0 Å². The van der Waals surface area contributed by atoms with E-state index in [9.17, 15) is 9.59 Å². The lowest BCUT2D eigenvalue weighted by Gasteiger charge is -2.14. The van der Waals surface area contributed by atoms with Crippen LogP contribution in [0.5, 0.6) is 5.75 Å². The highest BCUT2D eigenvalue weighted by Crippen LogP contribution is 2.37. The van der Waals surface area contributed by atoms with E-state index >= 15 is 0 Å². The molecule has 2 amide bonds. The first-order valence-electron chi connectivity index (χ1n) is 9.26. The van der Waals surface area contributed by atoms with Crippen molar-refractivity contribution >= 4 is 46.3 Å². The fourth-order valence-corrected chi connectivity index (χ4v) is 4.55. The van der Waals surface area contributed by atoms with E-state index in [1.165, 1.54) is 4.90 Å². The van der Waals surface area contributed by atoms with Gasteiger partial charge in [0.25, 0.3) is 11.1 Å². The van der Waals surface area contributed by atoms with E-state index in [1.807, 2.05) is 42.7 Å². The number of imide groups is 1. The summed E-state index contributed by atoms with van der Waals surface area (Å²) in [5.41, 5.74) is 4.11. The molecule has 1 aromatic heterocycles. The highest BCUT2D eigenvalue weighted by molar-refractivity contribution is 8.19. The minimum atomic E-state index is -0.318. The molecule has 2 heterocycles. The number of para-hydroxylation sites is 1. The summed E-state index contributed by atoms with van der Waals surface area (Å²) < 4.78 is 7.52. The largest absolute Gasteiger partial charge is 0.495 e. The molecule has 0 saturated carbocycles. The Labute approximate surface area is 183 Å². The van der Waals surface area contributed by atoms with Crippen LogP contribution in [0.3, 0.4) is 0 Å². The van der Waals surface area contributed by atoms with Crippen molar-refractivity contribution in [2.24, 2.45) is 0 Å². The lowest BCUT2D eigenvalue weighted by molar-refractivity contribution is -0.113. The standard InChI is InChI=1S/C23H19ClN2O3S/c1-14-11-16(15(2)25(14)19-13-17(24)9-10-20(19)29-3)12-21-22(27)26(23(28)30-21)18-7-5-4-6-8-18/h4-13H,1-3H3/b21-12-. The smallest absolute Gasteiger partial charge is 0.298 e. The first kappa shape index (κ1) is 20.3. The van der Waals surface area contributed by atoms with Crippen molar-refractivity contribution in [2.75, 3.05) is 12.0 Å². The van der Waals surface area contributed by atoms with Gasteiger partial charge in [-0.25, -0.2) is 4.90 Å². The molecule has 0 aliphatic carbocycles. The molecule has 0 spiro atoms. The molecule has 1 fully saturated rings. The number of aryl methyl sites for hydroxylation is 1. The number of methoxy groups -OCH3 is 1. The monoisotopic (exact) mass is 438 g/mol. The van der Waals surface area contributed by atoms with Gasteiger partial charge in [-0.2, -0.15) is 0 Å². The highest BCUT2D eigenvalue weighted by atomic mass is 35.5. The molecule has 0 unspecified atom stereocenters. The van der Waals surface area contributed by atoms with Crippen molar-refractivity contribution in [1.82, 2.24) is 4.57 Å². The van der Waals surface area contributed by atoms with E-state index in [0.717, 1.165) is 34.4 Å². The SMILES string of the molecule is COc1ccc(Cl)cc1-n1c(C)cc(/C=C2\SC(=O)N(c3ccccc3)C2=O)c1C. The normalized spacial score (nSPS) is 15.3. The fourth-order valence-electron chi connectivity index (χ4n) is 3.55. The summed E-state index contributed by atoms with van der Waals surface area (Å²) in [4.78, 5) is 27.0. The number of carbonyl (C=O) groups excluding carboxylic acids is 2. The zero-order valence-electron chi connectivity index (χ0n) is 16.7. The van der Waals surface area contributed by atoms with E-state index in [-0.39, 0.29) is 11.1 Å². The Balaban J connectivity index is 1.75. The second-order valence-electron chi connectivity index (χ2n) is 6.83. The molecule has 0 N–H and O–H groups in total. The summed E-state index contributed by atoms with van der Waals surface area (Å²) in [5.74, 6) is 0.374. The lowest BCUT2D eigenvalue weighted by atomic mass is 10.2. The number of carbonyl (C=O) groups is 2. The Hall–Kier alpha value is -2.96. The lowest BCUT2D eigenvalue weighted by Crippen LogP contribution is -2.27. The van der Waals surface area contributed by atoms with Crippen LogP contribution in [0.25, 0.3) is 11.8 Å². The third-order valence-corrected chi connectivity index (χ3v) is 6.05. The van der Waals surface area contributed by atoms with Crippen molar-refractivity contribution in [3.63, 3.8) is 0 Å². The summed E-state index contributed by atoms with van der Waals surface area (Å²) in [5, 5.41) is 0.298. The summed E-state index contributed by atoms with van der Waals surface area (Å²) >= 11 is 7.15. The van der Waals surface area contributed by atoms with Gasteiger partial charge in [-0.15, -0.1) is 0 Å². The number of benzene rings is 2. The van der Waals surface area contributed by atoms with Gasteiger partial charge in [0.15, 0.2) is 0 Å². The number of rotatable bonds is 4. The topological polar surface area (TPSA) is 51.5 Å². The number of hydrogen-bond acceptors (Lipinski definition) is 4. The maximum absolute atomic E-state index is 12.9. The predicted molar refractivity (Wildman–Crippen MR) is 122 cm³/mol. The third kappa shape index (κ3) is 3.53.